The van der Waals surface area contributed by atoms with Gasteiger partial charge < -0.3 is 9.47 Å². The number of hydrogen-bond acceptors (Lipinski definition) is 6. The molecule has 0 atom stereocenters. The largest absolute Gasteiger partial charge is 0.487 e. The van der Waals surface area contributed by atoms with Crippen LogP contribution >= 0.6 is 11.3 Å². The average Bonchev–Trinajstić information content (AvgIpc) is 3.10. The van der Waals surface area contributed by atoms with Crippen LogP contribution in [-0.2, 0) is 11.3 Å². The molecule has 1 heterocycles. The van der Waals surface area contributed by atoms with Crippen molar-refractivity contribution in [2.45, 2.75) is 13.5 Å². The molecule has 0 amide bonds. The summed E-state index contributed by atoms with van der Waals surface area (Å²) in [5, 5.41) is 2.90. The van der Waals surface area contributed by atoms with Gasteiger partial charge in [-0.05, 0) is 43.3 Å². The summed E-state index contributed by atoms with van der Waals surface area (Å²) < 4.78 is 23.7. The fraction of sp³-hybridized carbons (Fsp3) is 0.150. The molecule has 0 unspecified atom stereocenters. The van der Waals surface area contributed by atoms with Crippen LogP contribution in [0.25, 0.3) is 0 Å². The van der Waals surface area contributed by atoms with Gasteiger partial charge in [-0.1, -0.05) is 12.1 Å². The van der Waals surface area contributed by atoms with E-state index < -0.39 is 24.2 Å². The van der Waals surface area contributed by atoms with Gasteiger partial charge in [0.05, 0.1) is 16.3 Å². The third-order valence-corrected chi connectivity index (χ3v) is 4.45. The molecule has 0 saturated carbocycles. The first-order valence-corrected chi connectivity index (χ1v) is 8.99. The molecule has 0 saturated heterocycles. The van der Waals surface area contributed by atoms with E-state index in [2.05, 4.69) is 4.98 Å². The molecular formula is C20H16FNO4S. The molecule has 0 aliphatic heterocycles. The number of Topliss-reactive ketones (excluding diaryl/α,β-unsaturated/α-hetero) is 1. The monoisotopic (exact) mass is 385 g/mol. The van der Waals surface area contributed by atoms with Crippen molar-refractivity contribution in [2.24, 2.45) is 0 Å². The number of ether oxygens (including phenoxy) is 2. The SMILES string of the molecule is Cc1nc(COc2ccc(C(=O)OCC(=O)c3cccc(F)c3)cc2)cs1. The van der Waals surface area contributed by atoms with Crippen LogP contribution < -0.4 is 4.74 Å². The Morgan fingerprint density at radius 1 is 1.11 bits per heavy atom. The number of carbonyl (C=O) groups excluding carboxylic acids is 2. The van der Waals surface area contributed by atoms with E-state index in [1.807, 2.05) is 12.3 Å². The van der Waals surface area contributed by atoms with E-state index in [4.69, 9.17) is 9.47 Å². The number of rotatable bonds is 7. The summed E-state index contributed by atoms with van der Waals surface area (Å²) in [7, 11) is 0. The van der Waals surface area contributed by atoms with Crippen molar-refractivity contribution in [3.63, 3.8) is 0 Å². The van der Waals surface area contributed by atoms with Crippen molar-refractivity contribution < 1.29 is 23.5 Å². The highest BCUT2D eigenvalue weighted by Crippen LogP contribution is 2.16. The number of esters is 1. The Hall–Kier alpha value is -3.06. The van der Waals surface area contributed by atoms with Gasteiger partial charge in [0.25, 0.3) is 0 Å². The molecule has 0 aliphatic rings. The van der Waals surface area contributed by atoms with Crippen LogP contribution in [0.5, 0.6) is 5.75 Å². The molecule has 0 aliphatic carbocycles. The number of aryl methyl sites for hydroxylation is 1. The quantitative estimate of drug-likeness (QED) is 0.450. The lowest BCUT2D eigenvalue weighted by molar-refractivity contribution is 0.0474. The predicted molar refractivity (Wildman–Crippen MR) is 98.6 cm³/mol. The van der Waals surface area contributed by atoms with E-state index in [0.29, 0.717) is 17.9 Å². The third kappa shape index (κ3) is 5.21. The summed E-state index contributed by atoms with van der Waals surface area (Å²) in [6.45, 7) is 1.81. The predicted octanol–water partition coefficient (Wildman–Crippen LogP) is 4.21. The highest BCUT2D eigenvalue weighted by atomic mass is 32.1. The molecule has 138 valence electrons. The highest BCUT2D eigenvalue weighted by Gasteiger charge is 2.12. The highest BCUT2D eigenvalue weighted by molar-refractivity contribution is 7.09. The van der Waals surface area contributed by atoms with Crippen LogP contribution in [0.3, 0.4) is 0 Å². The van der Waals surface area contributed by atoms with Crippen LogP contribution in [0, 0.1) is 12.7 Å². The number of benzene rings is 2. The maximum absolute atomic E-state index is 13.1. The molecule has 27 heavy (non-hydrogen) atoms. The lowest BCUT2D eigenvalue weighted by Crippen LogP contribution is -2.14. The van der Waals surface area contributed by atoms with Crippen LogP contribution in [0.4, 0.5) is 4.39 Å². The van der Waals surface area contributed by atoms with Gasteiger partial charge in [-0.15, -0.1) is 11.3 Å². The van der Waals surface area contributed by atoms with Crippen molar-refractivity contribution >= 4 is 23.1 Å². The average molecular weight is 385 g/mol. The van der Waals surface area contributed by atoms with Crippen LogP contribution in [0.2, 0.25) is 0 Å². The Balaban J connectivity index is 1.52. The Bertz CT molecular complexity index is 953. The molecule has 3 rings (SSSR count). The van der Waals surface area contributed by atoms with Gasteiger partial charge >= 0.3 is 5.97 Å². The number of ketones is 1. The van der Waals surface area contributed by atoms with E-state index in [9.17, 15) is 14.0 Å². The van der Waals surface area contributed by atoms with Crippen molar-refractivity contribution in [3.05, 3.63) is 81.6 Å². The van der Waals surface area contributed by atoms with E-state index in [1.165, 1.54) is 18.2 Å². The number of hydrogen-bond donors (Lipinski definition) is 0. The van der Waals surface area contributed by atoms with Gasteiger partial charge in [0.1, 0.15) is 18.2 Å². The Kier molecular flexibility index (Phi) is 5.93. The zero-order valence-electron chi connectivity index (χ0n) is 14.5. The summed E-state index contributed by atoms with van der Waals surface area (Å²) in [5.41, 5.74) is 1.29. The maximum atomic E-state index is 13.1. The van der Waals surface area contributed by atoms with Crippen molar-refractivity contribution in [1.29, 1.82) is 0 Å². The van der Waals surface area contributed by atoms with Crippen molar-refractivity contribution in [1.82, 2.24) is 4.98 Å². The van der Waals surface area contributed by atoms with Gasteiger partial charge in [0.15, 0.2) is 12.4 Å². The lowest BCUT2D eigenvalue weighted by atomic mass is 10.1. The fourth-order valence-corrected chi connectivity index (χ4v) is 2.88. The van der Waals surface area contributed by atoms with E-state index in [-0.39, 0.29) is 5.56 Å². The zero-order valence-corrected chi connectivity index (χ0v) is 15.3. The molecule has 2 aromatic carbocycles. The Labute approximate surface area is 159 Å². The second-order valence-electron chi connectivity index (χ2n) is 5.68. The molecule has 0 spiro atoms. The number of aromatic nitrogens is 1. The summed E-state index contributed by atoms with van der Waals surface area (Å²) in [4.78, 5) is 28.3. The Morgan fingerprint density at radius 3 is 2.56 bits per heavy atom. The van der Waals surface area contributed by atoms with Crippen molar-refractivity contribution in [2.75, 3.05) is 6.61 Å². The third-order valence-electron chi connectivity index (χ3n) is 3.62. The summed E-state index contributed by atoms with van der Waals surface area (Å²) in [6, 6.07) is 11.6. The number of carbonyl (C=O) groups is 2. The van der Waals surface area contributed by atoms with Crippen molar-refractivity contribution in [3.8, 4) is 5.75 Å². The smallest absolute Gasteiger partial charge is 0.338 e. The number of thiazole rings is 1. The van der Waals surface area contributed by atoms with E-state index >= 15 is 0 Å². The summed E-state index contributed by atoms with van der Waals surface area (Å²) in [5.74, 6) is -1.04. The molecule has 1 aromatic heterocycles. The minimum atomic E-state index is -0.638. The van der Waals surface area contributed by atoms with Gasteiger partial charge in [-0.2, -0.15) is 0 Å². The first-order chi connectivity index (χ1) is 13.0. The normalized spacial score (nSPS) is 10.4. The second kappa shape index (κ2) is 8.55. The second-order valence-corrected chi connectivity index (χ2v) is 6.74. The maximum Gasteiger partial charge on any atom is 0.338 e. The minimum absolute atomic E-state index is 0.156. The molecule has 5 nitrogen and oxygen atoms in total. The van der Waals surface area contributed by atoms with E-state index in [1.54, 1.807) is 35.6 Å². The molecular weight excluding hydrogens is 369 g/mol. The fourth-order valence-electron chi connectivity index (χ4n) is 2.28. The number of halogens is 1. The first-order valence-electron chi connectivity index (χ1n) is 8.11. The molecule has 0 N–H and O–H groups in total. The van der Waals surface area contributed by atoms with E-state index in [0.717, 1.165) is 16.8 Å². The minimum Gasteiger partial charge on any atom is -0.487 e. The van der Waals surface area contributed by atoms with Crippen LogP contribution in [0.1, 0.15) is 31.4 Å². The number of nitrogens with zero attached hydrogens (tertiary/aromatic N) is 1. The van der Waals surface area contributed by atoms with Gasteiger partial charge in [-0.3, -0.25) is 4.79 Å². The summed E-state index contributed by atoms with van der Waals surface area (Å²) in [6.07, 6.45) is 0. The summed E-state index contributed by atoms with van der Waals surface area (Å²) >= 11 is 1.55. The van der Waals surface area contributed by atoms with Gasteiger partial charge in [0, 0.05) is 10.9 Å². The molecule has 7 heteroatoms. The molecule has 0 bridgehead atoms. The Morgan fingerprint density at radius 2 is 1.89 bits per heavy atom. The molecule has 3 aromatic rings. The lowest BCUT2D eigenvalue weighted by Gasteiger charge is -2.07. The standard InChI is InChI=1S/C20H16FNO4S/c1-13-22-17(12-27-13)10-25-18-7-5-14(6-8-18)20(24)26-11-19(23)15-3-2-4-16(21)9-15/h2-9,12H,10-11H2,1H3. The molecule has 0 radical (unpaired) electrons. The topological polar surface area (TPSA) is 65.5 Å². The zero-order chi connectivity index (χ0) is 19.2. The van der Waals surface area contributed by atoms with Gasteiger partial charge in [-0.25, -0.2) is 14.2 Å². The first kappa shape index (κ1) is 18.7. The van der Waals surface area contributed by atoms with Crippen LogP contribution in [-0.4, -0.2) is 23.3 Å². The molecule has 0 fully saturated rings. The van der Waals surface area contributed by atoms with Gasteiger partial charge in [0.2, 0.25) is 0 Å². The van der Waals surface area contributed by atoms with Crippen LogP contribution in [0.15, 0.2) is 53.9 Å².